The molecule has 0 fully saturated rings. The molecule has 198 valence electrons. The van der Waals surface area contributed by atoms with E-state index in [1.807, 2.05) is 47.2 Å². The van der Waals surface area contributed by atoms with Crippen molar-refractivity contribution in [1.29, 1.82) is 0 Å². The van der Waals surface area contributed by atoms with E-state index in [9.17, 15) is 0 Å². The van der Waals surface area contributed by atoms with E-state index in [4.69, 9.17) is 47.9 Å². The van der Waals surface area contributed by atoms with Gasteiger partial charge in [0.2, 0.25) is 13.5 Å². The van der Waals surface area contributed by atoms with Gasteiger partial charge in [0.25, 0.3) is 0 Å². The van der Waals surface area contributed by atoms with Crippen LogP contribution < -0.4 is 41.7 Å². The molecule has 0 bridgehead atoms. The second kappa shape index (κ2) is 13.5. The van der Waals surface area contributed by atoms with Gasteiger partial charge in [-0.05, 0) is 49.2 Å². The first-order valence-corrected chi connectivity index (χ1v) is 12.6. The van der Waals surface area contributed by atoms with Crippen LogP contribution >= 0.6 is 23.2 Å². The number of halogens is 3. The minimum Gasteiger partial charge on any atom is -1.00 e. The fourth-order valence-electron chi connectivity index (χ4n) is 3.65. The summed E-state index contributed by atoms with van der Waals surface area (Å²) in [6.45, 7) is 5.64. The number of hydrogen-bond acceptors (Lipinski definition) is 5. The number of imidazole rings is 1. The molecular weight excluding hydrogens is 537 g/mol. The highest BCUT2D eigenvalue weighted by molar-refractivity contribution is 6.32. The molecule has 3 aromatic carbocycles. The van der Waals surface area contributed by atoms with Crippen LogP contribution in [-0.4, -0.2) is 17.8 Å². The number of benzene rings is 3. The second-order valence-electron chi connectivity index (χ2n) is 8.13. The molecule has 4 rings (SSSR count). The maximum Gasteiger partial charge on any atom is 0.361 e. The number of fused-ring (bicyclic) bond motifs is 1. The van der Waals surface area contributed by atoms with E-state index in [0.29, 0.717) is 52.2 Å². The molecule has 0 aliphatic carbocycles. The Hall–Kier alpha value is -3.00. The molecule has 1 aromatic heterocycles. The highest BCUT2D eigenvalue weighted by Crippen LogP contribution is 2.31. The van der Waals surface area contributed by atoms with Crippen LogP contribution in [0.4, 0.5) is 5.95 Å². The number of hydrogen-bond donors (Lipinski definition) is 1. The van der Waals surface area contributed by atoms with Gasteiger partial charge in [-0.2, -0.15) is 9.13 Å². The van der Waals surface area contributed by atoms with Gasteiger partial charge in [0, 0.05) is 12.1 Å². The standard InChI is InChI=1S/C27H29Cl2N3O4.ClH/c1-3-13-33-25-15-19(9-11-21(25)28)35-17-31-23-7-5-6-8-24(23)32(27(31)30)18-36-20-10-12-22(29)26(16-20)34-14-4-2;/h5-12,15-16,30H,3-4,13-14,17-18H2,1-2H3;1H. The molecule has 37 heavy (non-hydrogen) atoms. The molecule has 0 atom stereocenters. The van der Waals surface area contributed by atoms with E-state index < -0.39 is 0 Å². The maximum absolute atomic E-state index is 6.56. The first kappa shape index (κ1) is 28.6. The average molecular weight is 567 g/mol. The zero-order valence-corrected chi connectivity index (χ0v) is 23.0. The number of rotatable bonds is 12. The number of para-hydroxylation sites is 2. The highest BCUT2D eigenvalue weighted by Gasteiger charge is 2.22. The predicted molar refractivity (Wildman–Crippen MR) is 142 cm³/mol. The lowest BCUT2D eigenvalue weighted by Crippen LogP contribution is -3.00. The van der Waals surface area contributed by atoms with Crippen LogP contribution in [0.2, 0.25) is 10.0 Å². The largest absolute Gasteiger partial charge is 1.00 e. The minimum absolute atomic E-state index is 0. The van der Waals surface area contributed by atoms with Crippen molar-refractivity contribution in [2.24, 2.45) is 0 Å². The van der Waals surface area contributed by atoms with E-state index >= 15 is 0 Å². The number of ether oxygens (including phenoxy) is 4. The molecule has 0 spiro atoms. The maximum atomic E-state index is 6.56. The van der Waals surface area contributed by atoms with Crippen LogP contribution in [0, 0.1) is 0 Å². The van der Waals surface area contributed by atoms with Gasteiger partial charge in [-0.1, -0.05) is 49.2 Å². The Kier molecular flexibility index (Phi) is 10.4. The van der Waals surface area contributed by atoms with Gasteiger partial charge in [-0.15, -0.1) is 0 Å². The fourth-order valence-corrected chi connectivity index (χ4v) is 4.00. The van der Waals surface area contributed by atoms with Crippen LogP contribution in [0.1, 0.15) is 26.7 Å². The Bertz CT molecular complexity index is 1230. The van der Waals surface area contributed by atoms with Crippen LogP contribution in [0.15, 0.2) is 60.7 Å². The number of aromatic nitrogens is 2. The quantitative estimate of drug-likeness (QED) is 0.266. The molecule has 7 nitrogen and oxygen atoms in total. The Morgan fingerprint density at radius 1 is 0.784 bits per heavy atom. The van der Waals surface area contributed by atoms with Gasteiger partial charge in [0.15, 0.2) is 0 Å². The molecule has 0 aliphatic rings. The first-order chi connectivity index (χ1) is 17.5. The third-order valence-electron chi connectivity index (χ3n) is 5.47. The lowest BCUT2D eigenvalue weighted by Gasteiger charge is -2.11. The third-order valence-corrected chi connectivity index (χ3v) is 6.09. The van der Waals surface area contributed by atoms with Crippen LogP contribution in [0.25, 0.3) is 11.0 Å². The van der Waals surface area contributed by atoms with Gasteiger partial charge in [-0.3, -0.25) is 5.73 Å². The lowest BCUT2D eigenvalue weighted by molar-refractivity contribution is -0.687. The van der Waals surface area contributed by atoms with Crippen molar-refractivity contribution in [3.8, 4) is 23.0 Å². The number of nitrogens with two attached hydrogens (primary N) is 1. The first-order valence-electron chi connectivity index (χ1n) is 11.9. The van der Waals surface area contributed by atoms with E-state index in [0.717, 1.165) is 23.9 Å². The highest BCUT2D eigenvalue weighted by atomic mass is 35.5. The van der Waals surface area contributed by atoms with Gasteiger partial charge in [-0.25, -0.2) is 0 Å². The number of nitrogen functional groups attached to an aromatic ring is 1. The summed E-state index contributed by atoms with van der Waals surface area (Å²) in [5.41, 5.74) is 8.39. The van der Waals surface area contributed by atoms with Crippen molar-refractivity contribution in [2.45, 2.75) is 40.2 Å². The van der Waals surface area contributed by atoms with Gasteiger partial charge in [0.1, 0.15) is 34.0 Å². The Morgan fingerprint density at radius 3 is 1.95 bits per heavy atom. The molecule has 2 N–H and O–H groups in total. The smallest absolute Gasteiger partial charge is 0.361 e. The minimum atomic E-state index is 0. The van der Waals surface area contributed by atoms with Gasteiger partial charge in [0.05, 0.1) is 23.3 Å². The Balaban J connectivity index is 0.00000380. The molecule has 0 radical (unpaired) electrons. The summed E-state index contributed by atoms with van der Waals surface area (Å²) < 4.78 is 27.3. The topological polar surface area (TPSA) is 71.8 Å². The number of anilines is 1. The average Bonchev–Trinajstić information content (AvgIpc) is 3.16. The fraction of sp³-hybridized carbons (Fsp3) is 0.296. The molecule has 10 heteroatoms. The summed E-state index contributed by atoms with van der Waals surface area (Å²) in [6, 6.07) is 18.6. The summed E-state index contributed by atoms with van der Waals surface area (Å²) in [6.07, 6.45) is 1.77. The van der Waals surface area contributed by atoms with Crippen molar-refractivity contribution in [1.82, 2.24) is 4.57 Å². The zero-order valence-electron chi connectivity index (χ0n) is 20.8. The third kappa shape index (κ3) is 6.86. The van der Waals surface area contributed by atoms with E-state index in [-0.39, 0.29) is 25.9 Å². The zero-order chi connectivity index (χ0) is 25.5. The number of nitrogens with zero attached hydrogens (tertiary/aromatic N) is 2. The van der Waals surface area contributed by atoms with Crippen LogP contribution in [0.3, 0.4) is 0 Å². The molecule has 0 saturated heterocycles. The Morgan fingerprint density at radius 2 is 1.35 bits per heavy atom. The van der Waals surface area contributed by atoms with Gasteiger partial charge < -0.3 is 31.4 Å². The molecule has 0 saturated carbocycles. The molecular formula is C27H30Cl3N3O4. The van der Waals surface area contributed by atoms with Crippen molar-refractivity contribution in [3.63, 3.8) is 0 Å². The molecule has 4 aromatic rings. The van der Waals surface area contributed by atoms with Crippen LogP contribution in [-0.2, 0) is 13.5 Å². The second-order valence-corrected chi connectivity index (χ2v) is 8.95. The summed E-state index contributed by atoms with van der Waals surface area (Å²) in [7, 11) is 0. The summed E-state index contributed by atoms with van der Waals surface area (Å²) >= 11 is 12.5. The summed E-state index contributed by atoms with van der Waals surface area (Å²) in [4.78, 5) is 0. The van der Waals surface area contributed by atoms with Crippen molar-refractivity contribution < 1.29 is 35.9 Å². The van der Waals surface area contributed by atoms with E-state index in [2.05, 4.69) is 0 Å². The monoisotopic (exact) mass is 565 g/mol. The molecule has 0 aliphatic heterocycles. The molecule has 1 heterocycles. The van der Waals surface area contributed by atoms with Crippen LogP contribution in [0.5, 0.6) is 23.0 Å². The van der Waals surface area contributed by atoms with Crippen molar-refractivity contribution in [3.05, 3.63) is 70.7 Å². The van der Waals surface area contributed by atoms with Crippen molar-refractivity contribution >= 4 is 40.2 Å². The Labute approximate surface area is 233 Å². The van der Waals surface area contributed by atoms with Gasteiger partial charge >= 0.3 is 5.95 Å². The molecule has 0 amide bonds. The molecule has 0 unspecified atom stereocenters. The summed E-state index contributed by atoms with van der Waals surface area (Å²) in [5.74, 6) is 2.94. The lowest BCUT2D eigenvalue weighted by atomic mass is 10.3. The SMILES string of the molecule is CCCOc1cc(OCn2c(N)[n+](COc3ccc(Cl)c(OCCC)c3)c3ccccc32)ccc1Cl.[Cl-]. The normalized spacial score (nSPS) is 10.7. The predicted octanol–water partition coefficient (Wildman–Crippen LogP) is 3.47. The van der Waals surface area contributed by atoms with E-state index in [1.165, 1.54) is 0 Å². The van der Waals surface area contributed by atoms with Crippen molar-refractivity contribution in [2.75, 3.05) is 18.9 Å². The summed E-state index contributed by atoms with van der Waals surface area (Å²) in [5, 5.41) is 1.09. The van der Waals surface area contributed by atoms with E-state index in [1.54, 1.807) is 36.4 Å².